The molecule has 132 valence electrons. The zero-order valence-electron chi connectivity index (χ0n) is 12.2. The molecule has 0 aromatic rings. The van der Waals surface area contributed by atoms with Gasteiger partial charge in [-0.25, -0.2) is 4.79 Å². The Hall–Kier alpha value is -3.23. The van der Waals surface area contributed by atoms with E-state index in [1.165, 1.54) is 0 Å². The van der Waals surface area contributed by atoms with Gasteiger partial charge in [0.25, 0.3) is 0 Å². The number of esters is 1. The third-order valence-corrected chi connectivity index (χ3v) is 1.74. The molecular weight excluding hydrogens is 380 g/mol. The van der Waals surface area contributed by atoms with Crippen molar-refractivity contribution < 1.29 is 47.0 Å². The molecule has 0 spiro atoms. The maximum absolute atomic E-state index is 10.7. The number of hydrogen-bond acceptors (Lipinski definition) is 12. The predicted octanol–water partition coefficient (Wildman–Crippen LogP) is -2.44. The van der Waals surface area contributed by atoms with Crippen LogP contribution in [0.15, 0.2) is 0 Å². The van der Waals surface area contributed by atoms with E-state index < -0.39 is 37.0 Å². The number of aliphatic hydroxyl groups excluding tert-OH is 4. The van der Waals surface area contributed by atoms with E-state index in [1.807, 2.05) is 0 Å². The first-order valence-electron chi connectivity index (χ1n) is 4.77. The van der Waals surface area contributed by atoms with Gasteiger partial charge in [-0.2, -0.15) is 0 Å². The second kappa shape index (κ2) is 42.8. The predicted molar refractivity (Wildman–Crippen MR) is 64.8 cm³/mol. The normalized spacial score (nSPS) is 20.9. The first-order valence-corrected chi connectivity index (χ1v) is 4.77. The summed E-state index contributed by atoms with van der Waals surface area (Å²) in [5.41, 5.74) is 0. The SMILES string of the molecule is O=C1O[C@H](CO)[C@@H](O)[C@H](O)[C@H]1O.[C-]#N.[C-]#N.[C-]#N.[C-]#N.[C-]#N.[C-]#N.[Fe+6]. The number of rotatable bonds is 1. The monoisotopic (exact) mass is 390 g/mol. The quantitative estimate of drug-likeness (QED) is 0.207. The number of aliphatic hydroxyl groups is 4. The van der Waals surface area contributed by atoms with E-state index in [0.717, 1.165) is 0 Å². The standard InChI is InChI=1S/C6H10O6.6CN.Fe/c7-1-2-3(8)4(9)5(10)6(11)12-2;6*1-2;/h2-5,7-10H,1H2;;;;;;;/q;6*-1;+6/t2-,3-,4+,5-;;;;;;;/m1......./s1. The fraction of sp³-hybridized carbons (Fsp3) is 0.417. The van der Waals surface area contributed by atoms with E-state index in [2.05, 4.69) is 4.74 Å². The van der Waals surface area contributed by atoms with Crippen molar-refractivity contribution in [2.45, 2.75) is 24.4 Å². The van der Waals surface area contributed by atoms with Gasteiger partial charge in [-0.3, -0.25) is 0 Å². The molecule has 0 aromatic heterocycles. The molecule has 0 aliphatic carbocycles. The minimum absolute atomic E-state index is 0. The Kier molecular flexibility index (Phi) is 73.7. The van der Waals surface area contributed by atoms with Crippen LogP contribution < -0.4 is 0 Å². The Morgan fingerprint density at radius 1 is 0.760 bits per heavy atom. The van der Waals surface area contributed by atoms with Gasteiger partial charge in [-0.15, -0.1) is 0 Å². The van der Waals surface area contributed by atoms with Crippen LogP contribution in [0, 0.1) is 71.0 Å². The summed E-state index contributed by atoms with van der Waals surface area (Å²) in [6.07, 6.45) is -5.93. The van der Waals surface area contributed by atoms with Gasteiger partial charge < -0.3 is 96.2 Å². The van der Waals surface area contributed by atoms with Gasteiger partial charge in [0, 0.05) is 0 Å². The zero-order valence-corrected chi connectivity index (χ0v) is 13.3. The molecule has 1 heterocycles. The molecule has 1 aliphatic rings. The topological polar surface area (TPSA) is 250 Å². The van der Waals surface area contributed by atoms with Gasteiger partial charge in [0.2, 0.25) is 0 Å². The van der Waals surface area contributed by atoms with Crippen molar-refractivity contribution in [1.82, 2.24) is 0 Å². The number of ether oxygens (including phenoxy) is 1. The number of nitrogens with zero attached hydrogens (tertiary/aromatic N) is 6. The minimum Gasteiger partial charge on any atom is -0.512 e. The van der Waals surface area contributed by atoms with Crippen molar-refractivity contribution in [2.24, 2.45) is 0 Å². The van der Waals surface area contributed by atoms with E-state index in [4.69, 9.17) is 91.4 Å². The van der Waals surface area contributed by atoms with Gasteiger partial charge >= 0.3 is 23.0 Å². The summed E-state index contributed by atoms with van der Waals surface area (Å²) in [4.78, 5) is 10.7. The molecule has 0 amide bonds. The van der Waals surface area contributed by atoms with Crippen LogP contribution in [0.1, 0.15) is 0 Å². The van der Waals surface area contributed by atoms with E-state index >= 15 is 0 Å². The smallest absolute Gasteiger partial charge is 0.512 e. The zero-order chi connectivity index (χ0) is 21.3. The molecule has 1 rings (SSSR count). The van der Waals surface area contributed by atoms with Crippen LogP contribution in [-0.2, 0) is 26.6 Å². The first-order chi connectivity index (χ1) is 11.6. The number of carbonyl (C=O) groups excluding carboxylic acids is 1. The van der Waals surface area contributed by atoms with Crippen LogP contribution in [0.3, 0.4) is 0 Å². The number of carbonyl (C=O) groups is 1. The van der Waals surface area contributed by atoms with E-state index in [1.54, 1.807) is 0 Å². The minimum atomic E-state index is -1.73. The fourth-order valence-corrected chi connectivity index (χ4v) is 0.980. The summed E-state index contributed by atoms with van der Waals surface area (Å²) in [6, 6.07) is 0. The van der Waals surface area contributed by atoms with Crippen molar-refractivity contribution in [3.05, 3.63) is 39.4 Å². The van der Waals surface area contributed by atoms with Gasteiger partial charge in [-0.1, -0.05) is 0 Å². The molecule has 1 aliphatic heterocycles. The van der Waals surface area contributed by atoms with Crippen molar-refractivity contribution in [3.63, 3.8) is 0 Å². The maximum Gasteiger partial charge on any atom is 6.00 e. The Balaban J connectivity index is -0.0000000426. The van der Waals surface area contributed by atoms with E-state index in [-0.39, 0.29) is 17.1 Å². The fourth-order valence-electron chi connectivity index (χ4n) is 0.980. The molecule has 0 unspecified atom stereocenters. The average molecular weight is 390 g/mol. The third kappa shape index (κ3) is 20.8. The molecule has 0 bridgehead atoms. The Morgan fingerprint density at radius 3 is 1.28 bits per heavy atom. The Morgan fingerprint density at radius 2 is 1.04 bits per heavy atom. The molecule has 1 fully saturated rings. The molecule has 13 heteroatoms. The maximum atomic E-state index is 10.7. The first kappa shape index (κ1) is 43.0. The second-order valence-electron chi connectivity index (χ2n) is 2.58. The molecule has 4 atom stereocenters. The van der Waals surface area contributed by atoms with Crippen LogP contribution >= 0.6 is 0 Å². The average Bonchev–Trinajstić information content (AvgIpc) is 2.72. The van der Waals surface area contributed by atoms with Gasteiger partial charge in [0.1, 0.15) is 12.2 Å². The van der Waals surface area contributed by atoms with Crippen LogP contribution in [0.4, 0.5) is 0 Å². The summed E-state index contributed by atoms with van der Waals surface area (Å²) in [5, 5.41) is 73.0. The van der Waals surface area contributed by atoms with E-state index in [0.29, 0.717) is 0 Å². The number of hydrogen-bond donors (Lipinski definition) is 4. The van der Waals surface area contributed by atoms with Gasteiger partial charge in [-0.05, 0) is 0 Å². The molecule has 0 saturated carbocycles. The molecule has 4 N–H and O–H groups in total. The Labute approximate surface area is 155 Å². The van der Waals surface area contributed by atoms with Crippen molar-refractivity contribution in [3.8, 4) is 0 Å². The number of cyclic esters (lactones) is 1. The molecule has 0 radical (unpaired) electrons. The van der Waals surface area contributed by atoms with Gasteiger partial charge in [0.05, 0.1) is 6.61 Å². The Bertz CT molecular complexity index is 360. The summed E-state index contributed by atoms with van der Waals surface area (Å²) < 4.78 is 4.38. The summed E-state index contributed by atoms with van der Waals surface area (Å²) in [7, 11) is 0. The van der Waals surface area contributed by atoms with Crippen LogP contribution in [0.25, 0.3) is 0 Å². The largest absolute Gasteiger partial charge is 6.00 e. The molecular formula is C12H10FeN6O6. The molecule has 1 saturated heterocycles. The van der Waals surface area contributed by atoms with Crippen molar-refractivity contribution in [2.75, 3.05) is 6.61 Å². The third-order valence-electron chi connectivity index (χ3n) is 1.74. The molecule has 12 nitrogen and oxygen atoms in total. The molecule has 25 heavy (non-hydrogen) atoms. The van der Waals surface area contributed by atoms with Crippen LogP contribution in [-0.4, -0.2) is 57.4 Å². The summed E-state index contributed by atoms with van der Waals surface area (Å²) in [5.74, 6) is -1.04. The van der Waals surface area contributed by atoms with Crippen LogP contribution in [0.2, 0.25) is 0 Å². The van der Waals surface area contributed by atoms with Crippen molar-refractivity contribution >= 4 is 5.97 Å². The van der Waals surface area contributed by atoms with Gasteiger partial charge in [0.15, 0.2) is 12.2 Å². The van der Waals surface area contributed by atoms with E-state index in [9.17, 15) is 4.79 Å². The summed E-state index contributed by atoms with van der Waals surface area (Å²) in [6.45, 7) is 27.9. The molecule has 0 aromatic carbocycles. The summed E-state index contributed by atoms with van der Waals surface area (Å²) >= 11 is 0. The second-order valence-corrected chi connectivity index (χ2v) is 2.58. The van der Waals surface area contributed by atoms with Crippen molar-refractivity contribution in [1.29, 1.82) is 31.6 Å². The van der Waals surface area contributed by atoms with Crippen LogP contribution in [0.5, 0.6) is 0 Å².